The Kier molecular flexibility index (Phi) is 5.80. The molecule has 0 fully saturated rings. The highest BCUT2D eigenvalue weighted by Crippen LogP contribution is 2.15. The van der Waals surface area contributed by atoms with Gasteiger partial charge in [0.2, 0.25) is 0 Å². The zero-order valence-corrected chi connectivity index (χ0v) is 9.85. The van der Waals surface area contributed by atoms with Gasteiger partial charge in [-0.05, 0) is 25.7 Å². The lowest BCUT2D eigenvalue weighted by atomic mass is 10.0. The van der Waals surface area contributed by atoms with Crippen LogP contribution in [-0.2, 0) is 11.2 Å². The van der Waals surface area contributed by atoms with Crippen LogP contribution in [0.3, 0.4) is 0 Å². The highest BCUT2D eigenvalue weighted by Gasteiger charge is 2.04. The molecule has 0 aliphatic rings. The van der Waals surface area contributed by atoms with E-state index in [1.807, 2.05) is 18.5 Å². The minimum atomic E-state index is 0.724. The summed E-state index contributed by atoms with van der Waals surface area (Å²) in [6, 6.07) is 0. The van der Waals surface area contributed by atoms with Crippen molar-refractivity contribution in [3.63, 3.8) is 0 Å². The molecule has 1 heterocycles. The smallest absolute Gasteiger partial charge is 0.0927 e. The average Bonchev–Trinajstić information content (AvgIpc) is 2.65. The minimum Gasteiger partial charge on any atom is -0.382 e. The molecule has 1 atom stereocenters. The summed E-state index contributed by atoms with van der Waals surface area (Å²) in [4.78, 5) is 4.29. The first-order chi connectivity index (χ1) is 6.83. The third-order valence-corrected chi connectivity index (χ3v) is 3.00. The van der Waals surface area contributed by atoms with Crippen LogP contribution in [0.4, 0.5) is 0 Å². The Hall–Kier alpha value is -0.410. The predicted octanol–water partition coefficient (Wildman–Crippen LogP) is 3.14. The number of hydrogen-bond donors (Lipinski definition) is 0. The summed E-state index contributed by atoms with van der Waals surface area (Å²) in [7, 11) is 0. The second-order valence-corrected chi connectivity index (χ2v) is 4.55. The molecule has 0 aliphatic carbocycles. The van der Waals surface area contributed by atoms with Gasteiger partial charge in [0.05, 0.1) is 5.01 Å². The van der Waals surface area contributed by atoms with E-state index in [-0.39, 0.29) is 0 Å². The minimum absolute atomic E-state index is 0.724. The van der Waals surface area contributed by atoms with Crippen molar-refractivity contribution >= 4 is 11.3 Å². The lowest BCUT2D eigenvalue weighted by Crippen LogP contribution is -2.02. The molecule has 0 bridgehead atoms. The normalized spacial score (nSPS) is 13.0. The molecule has 1 rings (SSSR count). The molecule has 0 amide bonds. The van der Waals surface area contributed by atoms with Gasteiger partial charge in [0, 0.05) is 31.2 Å². The van der Waals surface area contributed by atoms with Gasteiger partial charge >= 0.3 is 0 Å². The molecule has 2 nitrogen and oxygen atoms in total. The fourth-order valence-corrected chi connectivity index (χ4v) is 2.21. The van der Waals surface area contributed by atoms with Crippen molar-refractivity contribution in [1.82, 2.24) is 4.98 Å². The van der Waals surface area contributed by atoms with Gasteiger partial charge in [-0.3, -0.25) is 0 Å². The van der Waals surface area contributed by atoms with Crippen LogP contribution in [-0.4, -0.2) is 18.2 Å². The van der Waals surface area contributed by atoms with Crippen molar-refractivity contribution in [3.05, 3.63) is 16.6 Å². The maximum atomic E-state index is 5.31. The zero-order chi connectivity index (χ0) is 10.2. The summed E-state index contributed by atoms with van der Waals surface area (Å²) >= 11 is 1.75. The lowest BCUT2D eigenvalue weighted by Gasteiger charge is -2.08. The van der Waals surface area contributed by atoms with Gasteiger partial charge in [0.1, 0.15) is 0 Å². The van der Waals surface area contributed by atoms with Crippen molar-refractivity contribution in [2.45, 2.75) is 33.1 Å². The fourth-order valence-electron chi connectivity index (χ4n) is 1.43. The molecular formula is C11H19NOS. The maximum absolute atomic E-state index is 5.31. The molecule has 0 aliphatic heterocycles. The van der Waals surface area contributed by atoms with E-state index in [1.165, 1.54) is 17.8 Å². The standard InChI is InChI=1S/C11H19NOS/c1-3-13-7-4-5-10(2)9-11-12-6-8-14-11/h6,8,10H,3-5,7,9H2,1-2H3. The molecule has 3 heteroatoms. The van der Waals surface area contributed by atoms with Crippen molar-refractivity contribution in [3.8, 4) is 0 Å². The molecule has 0 N–H and O–H groups in total. The number of thiazole rings is 1. The Morgan fingerprint density at radius 1 is 1.57 bits per heavy atom. The predicted molar refractivity (Wildman–Crippen MR) is 60.7 cm³/mol. The summed E-state index contributed by atoms with van der Waals surface area (Å²) < 4.78 is 5.31. The Morgan fingerprint density at radius 3 is 3.07 bits per heavy atom. The lowest BCUT2D eigenvalue weighted by molar-refractivity contribution is 0.140. The van der Waals surface area contributed by atoms with Gasteiger partial charge in [-0.2, -0.15) is 0 Å². The summed E-state index contributed by atoms with van der Waals surface area (Å²) in [5.41, 5.74) is 0. The second-order valence-electron chi connectivity index (χ2n) is 3.57. The van der Waals surface area contributed by atoms with E-state index < -0.39 is 0 Å². The van der Waals surface area contributed by atoms with Crippen LogP contribution in [0, 0.1) is 5.92 Å². The number of ether oxygens (including phenoxy) is 1. The van der Waals surface area contributed by atoms with Crippen LogP contribution in [0.5, 0.6) is 0 Å². The molecule has 0 saturated heterocycles. The summed E-state index contributed by atoms with van der Waals surface area (Å²) in [6.45, 7) is 6.06. The third kappa shape index (κ3) is 4.72. The van der Waals surface area contributed by atoms with Crippen molar-refractivity contribution in [1.29, 1.82) is 0 Å². The van der Waals surface area contributed by atoms with Gasteiger partial charge < -0.3 is 4.74 Å². The van der Waals surface area contributed by atoms with Gasteiger partial charge in [0.15, 0.2) is 0 Å². The SMILES string of the molecule is CCOCCCC(C)Cc1nccs1. The molecule has 80 valence electrons. The van der Waals surface area contributed by atoms with E-state index in [9.17, 15) is 0 Å². The van der Waals surface area contributed by atoms with Gasteiger partial charge in [0.25, 0.3) is 0 Å². The highest BCUT2D eigenvalue weighted by molar-refractivity contribution is 7.09. The summed E-state index contributed by atoms with van der Waals surface area (Å²) in [6.07, 6.45) is 5.40. The quantitative estimate of drug-likeness (QED) is 0.649. The summed E-state index contributed by atoms with van der Waals surface area (Å²) in [5.74, 6) is 0.724. The maximum Gasteiger partial charge on any atom is 0.0927 e. The first kappa shape index (κ1) is 11.7. The molecule has 0 spiro atoms. The largest absolute Gasteiger partial charge is 0.382 e. The van der Waals surface area contributed by atoms with Crippen LogP contribution in [0.25, 0.3) is 0 Å². The topological polar surface area (TPSA) is 22.1 Å². The van der Waals surface area contributed by atoms with E-state index in [0.717, 1.165) is 25.6 Å². The average molecular weight is 213 g/mol. The number of hydrogen-bond acceptors (Lipinski definition) is 3. The number of aromatic nitrogens is 1. The van der Waals surface area contributed by atoms with Crippen LogP contribution in [0.2, 0.25) is 0 Å². The van der Waals surface area contributed by atoms with Gasteiger partial charge in [-0.1, -0.05) is 6.92 Å². The highest BCUT2D eigenvalue weighted by atomic mass is 32.1. The molecule has 14 heavy (non-hydrogen) atoms. The van der Waals surface area contributed by atoms with E-state index in [1.54, 1.807) is 11.3 Å². The van der Waals surface area contributed by atoms with Crippen molar-refractivity contribution in [2.24, 2.45) is 5.92 Å². The van der Waals surface area contributed by atoms with Gasteiger partial charge in [-0.25, -0.2) is 4.98 Å². The van der Waals surface area contributed by atoms with Crippen LogP contribution in [0.1, 0.15) is 31.7 Å². The Balaban J connectivity index is 2.07. The number of rotatable bonds is 7. The van der Waals surface area contributed by atoms with E-state index in [0.29, 0.717) is 0 Å². The first-order valence-corrected chi connectivity index (χ1v) is 6.17. The van der Waals surface area contributed by atoms with E-state index in [2.05, 4.69) is 11.9 Å². The number of nitrogens with zero attached hydrogens (tertiary/aromatic N) is 1. The monoisotopic (exact) mass is 213 g/mol. The van der Waals surface area contributed by atoms with Crippen LogP contribution < -0.4 is 0 Å². The Bertz CT molecular complexity index is 223. The van der Waals surface area contributed by atoms with Crippen LogP contribution in [0.15, 0.2) is 11.6 Å². The van der Waals surface area contributed by atoms with Gasteiger partial charge in [-0.15, -0.1) is 11.3 Å². The van der Waals surface area contributed by atoms with E-state index >= 15 is 0 Å². The zero-order valence-electron chi connectivity index (χ0n) is 9.03. The van der Waals surface area contributed by atoms with Crippen molar-refractivity contribution in [2.75, 3.05) is 13.2 Å². The third-order valence-electron chi connectivity index (χ3n) is 2.20. The Morgan fingerprint density at radius 2 is 2.43 bits per heavy atom. The molecular weight excluding hydrogens is 194 g/mol. The molecule has 1 unspecified atom stereocenters. The summed E-state index contributed by atoms with van der Waals surface area (Å²) in [5, 5.41) is 3.30. The first-order valence-electron chi connectivity index (χ1n) is 5.29. The molecule has 0 aromatic carbocycles. The molecule has 0 saturated carbocycles. The van der Waals surface area contributed by atoms with Crippen LogP contribution >= 0.6 is 11.3 Å². The van der Waals surface area contributed by atoms with E-state index in [4.69, 9.17) is 4.74 Å². The molecule has 0 radical (unpaired) electrons. The fraction of sp³-hybridized carbons (Fsp3) is 0.727. The Labute approximate surface area is 90.3 Å². The molecule has 1 aromatic rings. The second kappa shape index (κ2) is 6.96. The van der Waals surface area contributed by atoms with Crippen molar-refractivity contribution < 1.29 is 4.74 Å². The molecule has 1 aromatic heterocycles.